The van der Waals surface area contributed by atoms with E-state index in [1.165, 1.54) is 12.0 Å². The number of rotatable bonds is 2. The van der Waals surface area contributed by atoms with Gasteiger partial charge in [0, 0.05) is 5.69 Å². The molecule has 0 bridgehead atoms. The zero-order valence-electron chi connectivity index (χ0n) is 11.7. The molecule has 0 spiro atoms. The molecule has 2 atom stereocenters. The second-order valence-corrected chi connectivity index (χ2v) is 6.43. The second kappa shape index (κ2) is 5.31. The first-order valence-electron chi connectivity index (χ1n) is 7.02. The maximum absolute atomic E-state index is 9.95. The predicted molar refractivity (Wildman–Crippen MR) is 77.0 cm³/mol. The standard InChI is InChI=1S/C16H25NO/c1-16(2,3)12-8-10-13(11-9-12)17-14-6-4-5-7-15(14)18/h8-11,14-15,17-18H,4-7H2,1-3H3/t14-,15-/m0/s1. The number of nitrogens with one attached hydrogen (secondary N) is 1. The van der Waals surface area contributed by atoms with Crippen molar-refractivity contribution in [3.8, 4) is 0 Å². The predicted octanol–water partition coefficient (Wildman–Crippen LogP) is 3.70. The van der Waals surface area contributed by atoms with E-state index in [9.17, 15) is 5.11 Å². The van der Waals surface area contributed by atoms with Crippen molar-refractivity contribution >= 4 is 5.69 Å². The molecule has 0 aromatic heterocycles. The van der Waals surface area contributed by atoms with E-state index < -0.39 is 0 Å². The fourth-order valence-electron chi connectivity index (χ4n) is 2.56. The van der Waals surface area contributed by atoms with Crippen LogP contribution in [0.4, 0.5) is 5.69 Å². The lowest BCUT2D eigenvalue weighted by Crippen LogP contribution is -2.36. The van der Waals surface area contributed by atoms with Crippen LogP contribution in [0, 0.1) is 0 Å². The summed E-state index contributed by atoms with van der Waals surface area (Å²) in [6, 6.07) is 8.83. The summed E-state index contributed by atoms with van der Waals surface area (Å²) in [7, 11) is 0. The second-order valence-electron chi connectivity index (χ2n) is 6.43. The maximum Gasteiger partial charge on any atom is 0.0741 e. The minimum atomic E-state index is -0.193. The molecule has 1 aliphatic carbocycles. The van der Waals surface area contributed by atoms with Gasteiger partial charge >= 0.3 is 0 Å². The van der Waals surface area contributed by atoms with E-state index in [1.54, 1.807) is 0 Å². The van der Waals surface area contributed by atoms with Gasteiger partial charge in [-0.1, -0.05) is 45.7 Å². The largest absolute Gasteiger partial charge is 0.391 e. The third kappa shape index (κ3) is 3.26. The highest BCUT2D eigenvalue weighted by atomic mass is 16.3. The van der Waals surface area contributed by atoms with E-state index in [1.807, 2.05) is 0 Å². The average Bonchev–Trinajstić information content (AvgIpc) is 2.32. The van der Waals surface area contributed by atoms with E-state index >= 15 is 0 Å². The van der Waals surface area contributed by atoms with Crippen molar-refractivity contribution in [1.29, 1.82) is 0 Å². The Labute approximate surface area is 110 Å². The van der Waals surface area contributed by atoms with Crippen LogP contribution < -0.4 is 5.32 Å². The number of benzene rings is 1. The summed E-state index contributed by atoms with van der Waals surface area (Å²) in [5.41, 5.74) is 2.66. The van der Waals surface area contributed by atoms with Crippen LogP contribution in [0.2, 0.25) is 0 Å². The average molecular weight is 247 g/mol. The molecule has 1 fully saturated rings. The molecule has 0 amide bonds. The van der Waals surface area contributed by atoms with Gasteiger partial charge in [0.15, 0.2) is 0 Å². The molecule has 2 N–H and O–H groups in total. The fourth-order valence-corrected chi connectivity index (χ4v) is 2.56. The van der Waals surface area contributed by atoms with Crippen LogP contribution in [0.3, 0.4) is 0 Å². The van der Waals surface area contributed by atoms with Gasteiger partial charge in [-0.15, -0.1) is 0 Å². The third-order valence-electron chi connectivity index (χ3n) is 3.83. The number of aliphatic hydroxyl groups is 1. The summed E-state index contributed by atoms with van der Waals surface area (Å²) in [6.07, 6.45) is 4.18. The Balaban J connectivity index is 2.02. The molecular weight excluding hydrogens is 222 g/mol. The molecule has 1 aliphatic rings. The van der Waals surface area contributed by atoms with Gasteiger partial charge in [0.1, 0.15) is 0 Å². The number of hydrogen-bond donors (Lipinski definition) is 2. The highest BCUT2D eigenvalue weighted by Gasteiger charge is 2.22. The Morgan fingerprint density at radius 2 is 1.67 bits per heavy atom. The molecule has 2 nitrogen and oxygen atoms in total. The normalized spacial score (nSPS) is 24.9. The zero-order chi connectivity index (χ0) is 13.2. The minimum Gasteiger partial charge on any atom is -0.391 e. The lowest BCUT2D eigenvalue weighted by Gasteiger charge is -2.29. The van der Waals surface area contributed by atoms with Crippen LogP contribution in [0.25, 0.3) is 0 Å². The summed E-state index contributed by atoms with van der Waals surface area (Å²) in [5.74, 6) is 0. The summed E-state index contributed by atoms with van der Waals surface area (Å²) in [6.45, 7) is 6.67. The van der Waals surface area contributed by atoms with E-state index in [0.717, 1.165) is 24.9 Å². The topological polar surface area (TPSA) is 32.3 Å². The first-order valence-corrected chi connectivity index (χ1v) is 7.02. The Kier molecular flexibility index (Phi) is 3.96. The van der Waals surface area contributed by atoms with Crippen molar-refractivity contribution in [2.45, 2.75) is 64.0 Å². The van der Waals surface area contributed by atoms with Crippen LogP contribution >= 0.6 is 0 Å². The summed E-state index contributed by atoms with van der Waals surface area (Å²) in [5, 5.41) is 13.4. The quantitative estimate of drug-likeness (QED) is 0.835. The molecule has 2 rings (SSSR count). The molecule has 2 heteroatoms. The minimum absolute atomic E-state index is 0.193. The fraction of sp³-hybridized carbons (Fsp3) is 0.625. The van der Waals surface area contributed by atoms with E-state index in [-0.39, 0.29) is 17.6 Å². The summed E-state index contributed by atoms with van der Waals surface area (Å²) >= 11 is 0. The van der Waals surface area contributed by atoms with E-state index in [0.29, 0.717) is 0 Å². The molecule has 100 valence electrons. The van der Waals surface area contributed by atoms with Crippen LogP contribution in [-0.4, -0.2) is 17.3 Å². The van der Waals surface area contributed by atoms with Gasteiger partial charge in [0.05, 0.1) is 12.1 Å². The molecular formula is C16H25NO. The molecule has 0 radical (unpaired) electrons. The van der Waals surface area contributed by atoms with Crippen molar-refractivity contribution in [2.75, 3.05) is 5.32 Å². The Bertz CT molecular complexity index is 377. The van der Waals surface area contributed by atoms with Crippen molar-refractivity contribution < 1.29 is 5.11 Å². The first kappa shape index (κ1) is 13.4. The highest BCUT2D eigenvalue weighted by Crippen LogP contribution is 2.26. The Morgan fingerprint density at radius 3 is 2.22 bits per heavy atom. The van der Waals surface area contributed by atoms with Crippen molar-refractivity contribution in [3.63, 3.8) is 0 Å². The third-order valence-corrected chi connectivity index (χ3v) is 3.83. The smallest absolute Gasteiger partial charge is 0.0741 e. The molecule has 1 saturated carbocycles. The molecule has 0 unspecified atom stereocenters. The molecule has 0 aliphatic heterocycles. The molecule has 0 heterocycles. The van der Waals surface area contributed by atoms with Crippen molar-refractivity contribution in [1.82, 2.24) is 0 Å². The van der Waals surface area contributed by atoms with Gasteiger partial charge in [-0.2, -0.15) is 0 Å². The molecule has 0 saturated heterocycles. The monoisotopic (exact) mass is 247 g/mol. The van der Waals surface area contributed by atoms with Gasteiger partial charge in [0.2, 0.25) is 0 Å². The van der Waals surface area contributed by atoms with Crippen LogP contribution in [-0.2, 0) is 5.41 Å². The van der Waals surface area contributed by atoms with Gasteiger partial charge in [-0.25, -0.2) is 0 Å². The molecule has 1 aromatic rings. The Morgan fingerprint density at radius 1 is 1.06 bits per heavy atom. The van der Waals surface area contributed by atoms with Crippen LogP contribution in [0.1, 0.15) is 52.0 Å². The lowest BCUT2D eigenvalue weighted by atomic mass is 9.87. The lowest BCUT2D eigenvalue weighted by molar-refractivity contribution is 0.116. The number of hydrogen-bond acceptors (Lipinski definition) is 2. The number of anilines is 1. The van der Waals surface area contributed by atoms with Crippen molar-refractivity contribution in [3.05, 3.63) is 29.8 Å². The molecule has 18 heavy (non-hydrogen) atoms. The van der Waals surface area contributed by atoms with E-state index in [2.05, 4.69) is 50.4 Å². The van der Waals surface area contributed by atoms with Gasteiger partial charge < -0.3 is 10.4 Å². The zero-order valence-corrected chi connectivity index (χ0v) is 11.7. The summed E-state index contributed by atoms with van der Waals surface area (Å²) in [4.78, 5) is 0. The van der Waals surface area contributed by atoms with Gasteiger partial charge in [0.25, 0.3) is 0 Å². The SMILES string of the molecule is CC(C)(C)c1ccc(N[C@H]2CCCC[C@@H]2O)cc1. The van der Waals surface area contributed by atoms with Crippen LogP contribution in [0.15, 0.2) is 24.3 Å². The first-order chi connectivity index (χ1) is 8.47. The number of aliphatic hydroxyl groups excluding tert-OH is 1. The van der Waals surface area contributed by atoms with Gasteiger partial charge in [-0.05, 0) is 36.0 Å². The van der Waals surface area contributed by atoms with Gasteiger partial charge in [-0.3, -0.25) is 0 Å². The maximum atomic E-state index is 9.95. The summed E-state index contributed by atoms with van der Waals surface area (Å²) < 4.78 is 0. The Hall–Kier alpha value is -1.02. The highest BCUT2D eigenvalue weighted by molar-refractivity contribution is 5.46. The van der Waals surface area contributed by atoms with E-state index in [4.69, 9.17) is 0 Å². The molecule has 1 aromatic carbocycles. The van der Waals surface area contributed by atoms with Crippen LogP contribution in [0.5, 0.6) is 0 Å². The van der Waals surface area contributed by atoms with Crippen molar-refractivity contribution in [2.24, 2.45) is 0 Å².